The van der Waals surface area contributed by atoms with Crippen molar-refractivity contribution in [3.63, 3.8) is 0 Å². The predicted octanol–water partition coefficient (Wildman–Crippen LogP) is 6.73. The highest BCUT2D eigenvalue weighted by atomic mass is 15.0. The van der Waals surface area contributed by atoms with Crippen LogP contribution in [0.2, 0.25) is 0 Å². The van der Waals surface area contributed by atoms with Crippen LogP contribution in [0.1, 0.15) is 22.3 Å². The molecule has 4 heterocycles. The molecule has 0 amide bonds. The molecule has 0 aliphatic heterocycles. The first-order valence-corrected chi connectivity index (χ1v) is 12.0. The lowest BCUT2D eigenvalue weighted by atomic mass is 9.93. The molecule has 35 heavy (non-hydrogen) atoms. The summed E-state index contributed by atoms with van der Waals surface area (Å²) in [4.78, 5) is 13.9. The van der Waals surface area contributed by atoms with E-state index in [9.17, 15) is 0 Å². The number of rotatable bonds is 0. The Labute approximate surface area is 200 Å². The second-order valence-corrected chi connectivity index (χ2v) is 9.69. The van der Waals surface area contributed by atoms with E-state index in [1.807, 2.05) is 30.9 Å². The van der Waals surface area contributed by atoms with Crippen molar-refractivity contribution in [2.75, 3.05) is 0 Å². The van der Waals surface area contributed by atoms with Gasteiger partial charge in [0.25, 0.3) is 0 Å². The summed E-state index contributed by atoms with van der Waals surface area (Å²) in [7, 11) is 0. The zero-order valence-electron chi connectivity index (χ0n) is 18.8. The van der Waals surface area contributed by atoms with Crippen LogP contribution in [0.5, 0.6) is 0 Å². The van der Waals surface area contributed by atoms with Gasteiger partial charge in [-0.15, -0.1) is 0 Å². The molecule has 0 N–H and O–H groups in total. The van der Waals surface area contributed by atoms with E-state index < -0.39 is 0 Å². The van der Waals surface area contributed by atoms with E-state index in [1.165, 1.54) is 60.7 Å². The fourth-order valence-electron chi connectivity index (χ4n) is 6.60. The number of hydrogen-bond acceptors (Lipinski definition) is 3. The number of imidazole rings is 1. The average molecular weight is 447 g/mol. The monoisotopic (exact) mass is 446 g/mol. The second kappa shape index (κ2) is 6.10. The molecule has 0 bridgehead atoms. The smallest absolute Gasteiger partial charge is 0.146 e. The lowest BCUT2D eigenvalue weighted by Gasteiger charge is -2.13. The van der Waals surface area contributed by atoms with Crippen molar-refractivity contribution in [1.82, 2.24) is 19.4 Å². The van der Waals surface area contributed by atoms with Gasteiger partial charge in [-0.3, -0.25) is 14.4 Å². The van der Waals surface area contributed by atoms with Gasteiger partial charge in [-0.25, -0.2) is 4.98 Å². The van der Waals surface area contributed by atoms with E-state index in [0.717, 1.165) is 35.0 Å². The summed E-state index contributed by atoms with van der Waals surface area (Å²) in [6, 6.07) is 22.3. The molecule has 4 aromatic heterocycles. The highest BCUT2D eigenvalue weighted by Crippen LogP contribution is 2.50. The molecule has 4 heteroatoms. The molecular formula is C31H18N4. The number of pyridine rings is 3. The number of benzene rings is 3. The Hall–Kier alpha value is -4.57. The quantitative estimate of drug-likeness (QED) is 0.243. The number of fused-ring (bicyclic) bond motifs is 16. The Morgan fingerprint density at radius 3 is 2.43 bits per heavy atom. The Morgan fingerprint density at radius 1 is 0.629 bits per heavy atom. The van der Waals surface area contributed by atoms with Gasteiger partial charge < -0.3 is 0 Å². The zero-order chi connectivity index (χ0) is 22.7. The summed E-state index contributed by atoms with van der Waals surface area (Å²) in [5.41, 5.74) is 15.3. The van der Waals surface area contributed by atoms with Gasteiger partial charge in [-0.05, 0) is 69.5 Å². The van der Waals surface area contributed by atoms with E-state index in [2.05, 4.69) is 69.0 Å². The van der Waals surface area contributed by atoms with Gasteiger partial charge in [-0.2, -0.15) is 0 Å². The highest BCUT2D eigenvalue weighted by Gasteiger charge is 2.30. The zero-order valence-corrected chi connectivity index (χ0v) is 18.8. The van der Waals surface area contributed by atoms with E-state index in [1.54, 1.807) is 0 Å². The van der Waals surface area contributed by atoms with Crippen LogP contribution >= 0.6 is 0 Å². The fraction of sp³-hybridized carbons (Fsp3) is 0.0645. The van der Waals surface area contributed by atoms with Crippen molar-refractivity contribution >= 4 is 38.4 Å². The van der Waals surface area contributed by atoms with E-state index in [-0.39, 0.29) is 0 Å². The van der Waals surface area contributed by atoms with Crippen LogP contribution in [-0.4, -0.2) is 19.4 Å². The van der Waals surface area contributed by atoms with Gasteiger partial charge in [-0.1, -0.05) is 48.5 Å². The van der Waals surface area contributed by atoms with Crippen molar-refractivity contribution in [1.29, 1.82) is 0 Å². The lowest BCUT2D eigenvalue weighted by molar-refractivity contribution is 1.23. The number of aromatic nitrogens is 4. The average Bonchev–Trinajstić information content (AvgIpc) is 3.59. The third kappa shape index (κ3) is 2.11. The van der Waals surface area contributed by atoms with Crippen LogP contribution in [0.15, 0.2) is 85.5 Å². The largest absolute Gasteiger partial charge is 0.289 e. The normalized spacial score (nSPS) is 13.5. The minimum Gasteiger partial charge on any atom is -0.289 e. The molecule has 0 spiro atoms. The van der Waals surface area contributed by atoms with Crippen LogP contribution in [-0.2, 0) is 12.8 Å². The van der Waals surface area contributed by atoms with Crippen molar-refractivity contribution in [3.05, 3.63) is 108 Å². The molecule has 0 saturated heterocycles. The van der Waals surface area contributed by atoms with Crippen molar-refractivity contribution in [2.45, 2.75) is 12.8 Å². The molecule has 2 aliphatic rings. The second-order valence-electron chi connectivity index (χ2n) is 9.69. The van der Waals surface area contributed by atoms with Gasteiger partial charge in [0, 0.05) is 28.6 Å². The molecule has 162 valence electrons. The maximum absolute atomic E-state index is 5.06. The van der Waals surface area contributed by atoms with E-state index >= 15 is 0 Å². The topological polar surface area (TPSA) is 43.1 Å². The first-order chi connectivity index (χ1) is 17.4. The summed E-state index contributed by atoms with van der Waals surface area (Å²) in [6.45, 7) is 0. The molecule has 7 aromatic rings. The molecule has 0 atom stereocenters. The first-order valence-electron chi connectivity index (χ1n) is 12.0. The van der Waals surface area contributed by atoms with E-state index in [4.69, 9.17) is 4.98 Å². The van der Waals surface area contributed by atoms with Crippen LogP contribution < -0.4 is 0 Å². The molecule has 0 radical (unpaired) electrons. The van der Waals surface area contributed by atoms with Crippen molar-refractivity contribution in [3.8, 4) is 22.3 Å². The van der Waals surface area contributed by atoms with Gasteiger partial charge in [0.15, 0.2) is 0 Å². The standard InChI is InChI=1S/C31H18N4/c1-2-4-20-17(3-1)13-18-5-7-21-24(28(18)20)14-19-6-8-23-30(29(19)21)22-9-11-32-15-26(22)35-27-16-33-12-10-25(27)34-31(23)35/h1-12,15-16H,13-14H2. The van der Waals surface area contributed by atoms with Crippen LogP contribution in [0.4, 0.5) is 0 Å². The van der Waals surface area contributed by atoms with Gasteiger partial charge in [0.2, 0.25) is 0 Å². The summed E-state index contributed by atoms with van der Waals surface area (Å²) in [5, 5.41) is 3.66. The highest BCUT2D eigenvalue weighted by molar-refractivity contribution is 6.20. The van der Waals surface area contributed by atoms with Gasteiger partial charge >= 0.3 is 0 Å². The van der Waals surface area contributed by atoms with Crippen molar-refractivity contribution < 1.29 is 0 Å². The van der Waals surface area contributed by atoms with E-state index in [0.29, 0.717) is 0 Å². The Morgan fingerprint density at radius 2 is 1.46 bits per heavy atom. The number of nitrogens with zero attached hydrogens (tertiary/aromatic N) is 4. The molecular weight excluding hydrogens is 428 g/mol. The van der Waals surface area contributed by atoms with Crippen LogP contribution in [0.25, 0.3) is 60.6 Å². The predicted molar refractivity (Wildman–Crippen MR) is 140 cm³/mol. The minimum absolute atomic E-state index is 0.952. The first kappa shape index (κ1) is 17.8. The molecule has 0 saturated carbocycles. The maximum atomic E-state index is 5.06. The van der Waals surface area contributed by atoms with Gasteiger partial charge in [0.1, 0.15) is 5.65 Å². The Bertz CT molecular complexity index is 2070. The lowest BCUT2D eigenvalue weighted by Crippen LogP contribution is -1.94. The van der Waals surface area contributed by atoms with Gasteiger partial charge in [0.05, 0.1) is 28.9 Å². The molecule has 4 nitrogen and oxygen atoms in total. The van der Waals surface area contributed by atoms with Crippen molar-refractivity contribution in [2.24, 2.45) is 0 Å². The maximum Gasteiger partial charge on any atom is 0.146 e. The Kier molecular flexibility index (Phi) is 3.11. The molecule has 0 fully saturated rings. The SMILES string of the molecule is c1ccc2c(c1)Cc1ccc3c(c1-2)Cc1ccc2c(c1-3)c1ccncc1n1c3cnccc3nc21. The van der Waals surface area contributed by atoms with Crippen LogP contribution in [0.3, 0.4) is 0 Å². The fourth-order valence-corrected chi connectivity index (χ4v) is 6.60. The summed E-state index contributed by atoms with van der Waals surface area (Å²) < 4.78 is 2.22. The number of hydrogen-bond donors (Lipinski definition) is 0. The summed E-state index contributed by atoms with van der Waals surface area (Å²) >= 11 is 0. The molecule has 0 unspecified atom stereocenters. The molecule has 2 aliphatic carbocycles. The summed E-state index contributed by atoms with van der Waals surface area (Å²) in [5.74, 6) is 0. The Balaban J connectivity index is 1.47. The third-order valence-electron chi connectivity index (χ3n) is 8.00. The molecule has 3 aromatic carbocycles. The minimum atomic E-state index is 0.952. The molecule has 9 rings (SSSR count). The summed E-state index contributed by atoms with van der Waals surface area (Å²) in [6.07, 6.45) is 9.57. The van der Waals surface area contributed by atoms with Crippen LogP contribution in [0, 0.1) is 0 Å². The third-order valence-corrected chi connectivity index (χ3v) is 8.00.